The average molecular weight is 258 g/mol. The number of alkyl halides is 1. The summed E-state index contributed by atoms with van der Waals surface area (Å²) in [5.74, 6) is -0.542. The Balaban J connectivity index is 4.05. The first-order valence-electron chi connectivity index (χ1n) is 4.38. The Bertz CT molecular complexity index is 304. The first-order chi connectivity index (χ1) is 6.79. The molecular weight excluding hydrogens is 242 g/mol. The molecule has 0 rings (SSSR count). The van der Waals surface area contributed by atoms with Crippen molar-refractivity contribution >= 4 is 27.3 Å². The SMILES string of the molecule is COCC(Cl)CNC(=O)C(C)S(C)(=O)=O. The molecule has 0 spiro atoms. The highest BCUT2D eigenvalue weighted by molar-refractivity contribution is 7.92. The van der Waals surface area contributed by atoms with Gasteiger partial charge in [0.1, 0.15) is 5.25 Å². The molecule has 0 aliphatic rings. The lowest BCUT2D eigenvalue weighted by molar-refractivity contribution is -0.120. The molecular formula is C8H16ClNO4S. The fourth-order valence-electron chi connectivity index (χ4n) is 0.789. The topological polar surface area (TPSA) is 72.5 Å². The van der Waals surface area contributed by atoms with Crippen molar-refractivity contribution in [3.05, 3.63) is 0 Å². The van der Waals surface area contributed by atoms with Crippen LogP contribution in [-0.2, 0) is 19.4 Å². The summed E-state index contributed by atoms with van der Waals surface area (Å²) in [6.45, 7) is 1.83. The number of amides is 1. The molecule has 1 N–H and O–H groups in total. The lowest BCUT2D eigenvalue weighted by atomic mass is 10.4. The van der Waals surface area contributed by atoms with Gasteiger partial charge >= 0.3 is 0 Å². The van der Waals surface area contributed by atoms with Crippen molar-refractivity contribution in [1.82, 2.24) is 5.32 Å². The van der Waals surface area contributed by atoms with Gasteiger partial charge < -0.3 is 10.1 Å². The monoisotopic (exact) mass is 257 g/mol. The number of carbonyl (C=O) groups excluding carboxylic acids is 1. The number of methoxy groups -OCH3 is 1. The minimum Gasteiger partial charge on any atom is -0.383 e. The number of nitrogens with one attached hydrogen (secondary N) is 1. The van der Waals surface area contributed by atoms with Gasteiger partial charge in [-0.1, -0.05) is 0 Å². The molecule has 0 aliphatic heterocycles. The lowest BCUT2D eigenvalue weighted by Crippen LogP contribution is -2.40. The molecule has 0 aromatic rings. The largest absolute Gasteiger partial charge is 0.383 e. The maximum atomic E-state index is 11.3. The van der Waals surface area contributed by atoms with E-state index in [1.807, 2.05) is 0 Å². The third-order valence-electron chi connectivity index (χ3n) is 1.86. The highest BCUT2D eigenvalue weighted by Crippen LogP contribution is 1.99. The van der Waals surface area contributed by atoms with Crippen LogP contribution in [0.3, 0.4) is 0 Å². The maximum Gasteiger partial charge on any atom is 0.238 e. The predicted molar refractivity (Wildman–Crippen MR) is 58.8 cm³/mol. The number of ether oxygens (including phenoxy) is 1. The summed E-state index contributed by atoms with van der Waals surface area (Å²) in [6, 6.07) is 0. The van der Waals surface area contributed by atoms with Gasteiger partial charge in [0, 0.05) is 19.9 Å². The molecule has 0 aromatic carbocycles. The van der Waals surface area contributed by atoms with Crippen LogP contribution < -0.4 is 5.32 Å². The highest BCUT2D eigenvalue weighted by Gasteiger charge is 2.23. The molecule has 7 heteroatoms. The van der Waals surface area contributed by atoms with Gasteiger partial charge in [-0.3, -0.25) is 4.79 Å². The van der Waals surface area contributed by atoms with E-state index in [9.17, 15) is 13.2 Å². The molecule has 0 fully saturated rings. The van der Waals surface area contributed by atoms with Gasteiger partial charge in [0.05, 0.1) is 12.0 Å². The first kappa shape index (κ1) is 14.7. The predicted octanol–water partition coefficient (Wildman–Crippen LogP) is -0.210. The summed E-state index contributed by atoms with van der Waals surface area (Å²) >= 11 is 5.75. The van der Waals surface area contributed by atoms with E-state index in [-0.39, 0.29) is 11.9 Å². The molecule has 5 nitrogen and oxygen atoms in total. The number of hydrogen-bond acceptors (Lipinski definition) is 4. The van der Waals surface area contributed by atoms with Crippen molar-refractivity contribution in [3.8, 4) is 0 Å². The highest BCUT2D eigenvalue weighted by atomic mass is 35.5. The zero-order valence-electron chi connectivity index (χ0n) is 8.99. The van der Waals surface area contributed by atoms with Gasteiger partial charge in [0.15, 0.2) is 9.84 Å². The van der Waals surface area contributed by atoms with E-state index in [0.29, 0.717) is 6.61 Å². The molecule has 0 aliphatic carbocycles. The smallest absolute Gasteiger partial charge is 0.238 e. The molecule has 0 saturated carbocycles. The van der Waals surface area contributed by atoms with Gasteiger partial charge in [-0.25, -0.2) is 8.42 Å². The standard InChI is InChI=1S/C8H16ClNO4S/c1-6(15(3,12)13)8(11)10-4-7(9)5-14-2/h6-7H,4-5H2,1-3H3,(H,10,11). The summed E-state index contributed by atoms with van der Waals surface area (Å²) < 4.78 is 26.8. The molecule has 1 amide bonds. The summed E-state index contributed by atoms with van der Waals surface area (Å²) in [7, 11) is -1.85. The van der Waals surface area contributed by atoms with E-state index in [1.54, 1.807) is 0 Å². The van der Waals surface area contributed by atoms with Crippen LogP contribution in [0.25, 0.3) is 0 Å². The van der Waals surface area contributed by atoms with Crippen molar-refractivity contribution < 1.29 is 17.9 Å². The van der Waals surface area contributed by atoms with Crippen LogP contribution in [0.15, 0.2) is 0 Å². The van der Waals surface area contributed by atoms with Gasteiger partial charge in [-0.15, -0.1) is 11.6 Å². The molecule has 0 saturated heterocycles. The Morgan fingerprint density at radius 1 is 1.53 bits per heavy atom. The van der Waals surface area contributed by atoms with Crippen LogP contribution in [0, 0.1) is 0 Å². The number of sulfone groups is 1. The molecule has 0 heterocycles. The third kappa shape index (κ3) is 5.96. The average Bonchev–Trinajstić information content (AvgIpc) is 2.12. The van der Waals surface area contributed by atoms with Crippen LogP contribution in [0.2, 0.25) is 0 Å². The molecule has 2 unspecified atom stereocenters. The molecule has 0 bridgehead atoms. The normalized spacial score (nSPS) is 15.7. The summed E-state index contributed by atoms with van der Waals surface area (Å²) in [5.41, 5.74) is 0. The van der Waals surface area contributed by atoms with Crippen LogP contribution >= 0.6 is 11.6 Å². The Morgan fingerprint density at radius 3 is 2.47 bits per heavy atom. The molecule has 90 valence electrons. The van der Waals surface area contributed by atoms with Gasteiger partial charge in [-0.05, 0) is 6.92 Å². The number of hydrogen-bond donors (Lipinski definition) is 1. The Morgan fingerprint density at radius 2 is 2.07 bits per heavy atom. The van der Waals surface area contributed by atoms with Gasteiger partial charge in [-0.2, -0.15) is 0 Å². The molecule has 2 atom stereocenters. The van der Waals surface area contributed by atoms with Gasteiger partial charge in [0.2, 0.25) is 5.91 Å². The van der Waals surface area contributed by atoms with E-state index in [0.717, 1.165) is 6.26 Å². The summed E-state index contributed by atoms with van der Waals surface area (Å²) in [6.07, 6.45) is 1.02. The van der Waals surface area contributed by atoms with E-state index in [2.05, 4.69) is 5.32 Å². The molecule has 15 heavy (non-hydrogen) atoms. The van der Waals surface area contributed by atoms with E-state index in [1.165, 1.54) is 14.0 Å². The minimum atomic E-state index is -3.35. The second-order valence-corrected chi connectivity index (χ2v) is 6.25. The Kier molecular flexibility index (Phi) is 6.16. The van der Waals surface area contributed by atoms with Crippen molar-refractivity contribution in [3.63, 3.8) is 0 Å². The molecule has 0 radical (unpaired) electrons. The van der Waals surface area contributed by atoms with Crippen LogP contribution in [0.4, 0.5) is 0 Å². The van der Waals surface area contributed by atoms with E-state index < -0.39 is 21.0 Å². The van der Waals surface area contributed by atoms with Gasteiger partial charge in [0.25, 0.3) is 0 Å². The number of halogens is 1. The van der Waals surface area contributed by atoms with Crippen molar-refractivity contribution in [2.75, 3.05) is 26.5 Å². The fourth-order valence-corrected chi connectivity index (χ4v) is 1.46. The number of carbonyl (C=O) groups is 1. The maximum absolute atomic E-state index is 11.3. The minimum absolute atomic E-state index is 0.189. The summed E-state index contributed by atoms with van der Waals surface area (Å²) in [5, 5.41) is 1.04. The van der Waals surface area contributed by atoms with Crippen LogP contribution in [0.5, 0.6) is 0 Å². The Hall–Kier alpha value is -0.330. The van der Waals surface area contributed by atoms with Crippen molar-refractivity contribution in [2.45, 2.75) is 17.6 Å². The lowest BCUT2D eigenvalue weighted by Gasteiger charge is -2.12. The third-order valence-corrected chi connectivity index (χ3v) is 3.64. The zero-order chi connectivity index (χ0) is 12.1. The second-order valence-electron chi connectivity index (χ2n) is 3.27. The fraction of sp³-hybridized carbons (Fsp3) is 0.875. The second kappa shape index (κ2) is 6.30. The summed E-state index contributed by atoms with van der Waals surface area (Å²) in [4.78, 5) is 11.3. The first-order valence-corrected chi connectivity index (χ1v) is 6.77. The van der Waals surface area contributed by atoms with Crippen LogP contribution in [-0.4, -0.2) is 51.5 Å². The van der Waals surface area contributed by atoms with Crippen molar-refractivity contribution in [2.24, 2.45) is 0 Å². The van der Waals surface area contributed by atoms with E-state index >= 15 is 0 Å². The van der Waals surface area contributed by atoms with E-state index in [4.69, 9.17) is 16.3 Å². The quantitative estimate of drug-likeness (QED) is 0.669. The Labute approximate surface area is 95.0 Å². The van der Waals surface area contributed by atoms with Crippen LogP contribution in [0.1, 0.15) is 6.92 Å². The van der Waals surface area contributed by atoms with Crippen molar-refractivity contribution in [1.29, 1.82) is 0 Å². The molecule has 0 aromatic heterocycles. The zero-order valence-corrected chi connectivity index (χ0v) is 10.6. The number of rotatable bonds is 6.